The highest BCUT2D eigenvalue weighted by molar-refractivity contribution is 5.77. The van der Waals surface area contributed by atoms with Gasteiger partial charge in [-0.25, -0.2) is 0 Å². The SMILES string of the molecule is CCOc1ccc(OCC(=O)N(C)C[C@H]2CN(CC)c3ccccc3O2)cc1. The van der Waals surface area contributed by atoms with Crippen LogP contribution in [0.5, 0.6) is 17.2 Å². The van der Waals surface area contributed by atoms with Crippen LogP contribution in [0.3, 0.4) is 0 Å². The van der Waals surface area contributed by atoms with Gasteiger partial charge in [-0.3, -0.25) is 4.79 Å². The van der Waals surface area contributed by atoms with Crippen LogP contribution >= 0.6 is 0 Å². The smallest absolute Gasteiger partial charge is 0.260 e. The van der Waals surface area contributed by atoms with Crippen molar-refractivity contribution in [2.24, 2.45) is 0 Å². The molecule has 1 aliphatic heterocycles. The van der Waals surface area contributed by atoms with E-state index in [1.54, 1.807) is 24.1 Å². The molecule has 0 unspecified atom stereocenters. The number of hydrogen-bond acceptors (Lipinski definition) is 5. The van der Waals surface area contributed by atoms with Crippen LogP contribution in [0.2, 0.25) is 0 Å². The van der Waals surface area contributed by atoms with Gasteiger partial charge in [-0.15, -0.1) is 0 Å². The topological polar surface area (TPSA) is 51.2 Å². The van der Waals surface area contributed by atoms with Crippen molar-refractivity contribution >= 4 is 11.6 Å². The lowest BCUT2D eigenvalue weighted by Gasteiger charge is -2.37. The summed E-state index contributed by atoms with van der Waals surface area (Å²) in [5.74, 6) is 2.21. The molecule has 0 bridgehead atoms. The maximum absolute atomic E-state index is 12.5. The Morgan fingerprint density at radius 1 is 1.11 bits per heavy atom. The van der Waals surface area contributed by atoms with Gasteiger partial charge >= 0.3 is 0 Å². The average molecular weight is 384 g/mol. The van der Waals surface area contributed by atoms with Crippen LogP contribution in [0.1, 0.15) is 13.8 Å². The third-order valence-electron chi connectivity index (χ3n) is 4.71. The monoisotopic (exact) mass is 384 g/mol. The summed E-state index contributed by atoms with van der Waals surface area (Å²) < 4.78 is 17.1. The van der Waals surface area contributed by atoms with Crippen molar-refractivity contribution in [2.45, 2.75) is 20.0 Å². The van der Waals surface area contributed by atoms with Gasteiger partial charge in [0, 0.05) is 13.6 Å². The van der Waals surface area contributed by atoms with Crippen molar-refractivity contribution in [1.82, 2.24) is 4.90 Å². The molecule has 0 aromatic heterocycles. The lowest BCUT2D eigenvalue weighted by Crippen LogP contribution is -2.47. The van der Waals surface area contributed by atoms with E-state index in [9.17, 15) is 4.79 Å². The van der Waals surface area contributed by atoms with Crippen LogP contribution in [0.4, 0.5) is 5.69 Å². The Bertz CT molecular complexity index is 778. The number of likely N-dealkylation sites (N-methyl/N-ethyl adjacent to an activating group) is 2. The van der Waals surface area contributed by atoms with E-state index in [4.69, 9.17) is 14.2 Å². The summed E-state index contributed by atoms with van der Waals surface area (Å²) in [6.07, 6.45) is -0.0747. The molecule has 6 nitrogen and oxygen atoms in total. The van der Waals surface area contributed by atoms with Crippen molar-refractivity contribution in [2.75, 3.05) is 44.8 Å². The van der Waals surface area contributed by atoms with E-state index in [0.29, 0.717) is 18.9 Å². The lowest BCUT2D eigenvalue weighted by molar-refractivity contribution is -0.133. The fourth-order valence-electron chi connectivity index (χ4n) is 3.23. The van der Waals surface area contributed by atoms with E-state index in [2.05, 4.69) is 17.9 Å². The molecule has 3 rings (SSSR count). The summed E-state index contributed by atoms with van der Waals surface area (Å²) in [6, 6.07) is 15.3. The second kappa shape index (κ2) is 9.35. The molecule has 1 amide bonds. The van der Waals surface area contributed by atoms with Gasteiger partial charge in [-0.1, -0.05) is 12.1 Å². The molecule has 150 valence electrons. The van der Waals surface area contributed by atoms with Gasteiger partial charge in [-0.05, 0) is 50.2 Å². The van der Waals surface area contributed by atoms with E-state index in [1.165, 1.54) is 0 Å². The fourth-order valence-corrected chi connectivity index (χ4v) is 3.23. The number of rotatable bonds is 8. The van der Waals surface area contributed by atoms with Crippen LogP contribution < -0.4 is 19.1 Å². The Labute approximate surface area is 166 Å². The molecule has 0 aliphatic carbocycles. The Kier molecular flexibility index (Phi) is 6.63. The van der Waals surface area contributed by atoms with E-state index in [-0.39, 0.29) is 18.6 Å². The van der Waals surface area contributed by atoms with E-state index in [0.717, 1.165) is 30.3 Å². The van der Waals surface area contributed by atoms with E-state index < -0.39 is 0 Å². The summed E-state index contributed by atoms with van der Waals surface area (Å²) in [7, 11) is 1.78. The predicted molar refractivity (Wildman–Crippen MR) is 109 cm³/mol. The summed E-state index contributed by atoms with van der Waals surface area (Å²) in [5, 5.41) is 0. The molecule has 1 aliphatic rings. The molecule has 0 spiro atoms. The Morgan fingerprint density at radius 2 is 1.79 bits per heavy atom. The van der Waals surface area contributed by atoms with Crippen LogP contribution in [-0.4, -0.2) is 56.8 Å². The zero-order valence-corrected chi connectivity index (χ0v) is 16.8. The number of fused-ring (bicyclic) bond motifs is 1. The second-order valence-electron chi connectivity index (χ2n) is 6.71. The van der Waals surface area contributed by atoms with Gasteiger partial charge in [0.1, 0.15) is 23.4 Å². The largest absolute Gasteiger partial charge is 0.494 e. The van der Waals surface area contributed by atoms with Gasteiger partial charge in [0.2, 0.25) is 0 Å². The number of carbonyl (C=O) groups excluding carboxylic acids is 1. The first-order valence-corrected chi connectivity index (χ1v) is 9.71. The van der Waals surface area contributed by atoms with Crippen molar-refractivity contribution in [3.63, 3.8) is 0 Å². The first-order chi connectivity index (χ1) is 13.6. The third kappa shape index (κ3) is 4.88. The van der Waals surface area contributed by atoms with Crippen molar-refractivity contribution in [3.8, 4) is 17.2 Å². The molecule has 0 radical (unpaired) electrons. The molecule has 0 N–H and O–H groups in total. The number of hydrogen-bond donors (Lipinski definition) is 0. The predicted octanol–water partition coefficient (Wildman–Crippen LogP) is 3.21. The first kappa shape index (κ1) is 19.9. The highest BCUT2D eigenvalue weighted by Crippen LogP contribution is 2.32. The molecule has 0 saturated carbocycles. The molecule has 0 fully saturated rings. The standard InChI is InChI=1S/C22H28N2O4/c1-4-24-15-19(28-21-9-7-6-8-20(21)24)14-23(3)22(25)16-27-18-12-10-17(11-13-18)26-5-2/h6-13,19H,4-5,14-16H2,1-3H3/t19-/m0/s1. The summed E-state index contributed by atoms with van der Waals surface area (Å²) in [5.41, 5.74) is 1.11. The number of nitrogens with zero attached hydrogens (tertiary/aromatic N) is 2. The van der Waals surface area contributed by atoms with Gasteiger partial charge in [0.25, 0.3) is 5.91 Å². The van der Waals surface area contributed by atoms with Crippen LogP contribution in [0, 0.1) is 0 Å². The molecule has 28 heavy (non-hydrogen) atoms. The minimum Gasteiger partial charge on any atom is -0.494 e. The average Bonchev–Trinajstić information content (AvgIpc) is 2.72. The summed E-state index contributed by atoms with van der Waals surface area (Å²) >= 11 is 0. The van der Waals surface area contributed by atoms with Gasteiger partial charge in [0.15, 0.2) is 6.61 Å². The summed E-state index contributed by atoms with van der Waals surface area (Å²) in [4.78, 5) is 16.4. The quantitative estimate of drug-likeness (QED) is 0.700. The zero-order valence-electron chi connectivity index (χ0n) is 16.8. The highest BCUT2D eigenvalue weighted by Gasteiger charge is 2.26. The van der Waals surface area contributed by atoms with E-state index in [1.807, 2.05) is 37.3 Å². The van der Waals surface area contributed by atoms with Crippen LogP contribution in [-0.2, 0) is 4.79 Å². The maximum Gasteiger partial charge on any atom is 0.260 e. The lowest BCUT2D eigenvalue weighted by atomic mass is 10.2. The van der Waals surface area contributed by atoms with Crippen LogP contribution in [0.15, 0.2) is 48.5 Å². The fraction of sp³-hybridized carbons (Fsp3) is 0.409. The molecule has 0 saturated heterocycles. The van der Waals surface area contributed by atoms with Crippen molar-refractivity contribution < 1.29 is 19.0 Å². The maximum atomic E-state index is 12.5. The first-order valence-electron chi connectivity index (χ1n) is 9.71. The van der Waals surface area contributed by atoms with Gasteiger partial charge in [0.05, 0.1) is 25.4 Å². The van der Waals surface area contributed by atoms with E-state index >= 15 is 0 Å². The third-order valence-corrected chi connectivity index (χ3v) is 4.71. The number of para-hydroxylation sites is 2. The van der Waals surface area contributed by atoms with Gasteiger partial charge in [-0.2, -0.15) is 0 Å². The van der Waals surface area contributed by atoms with Crippen LogP contribution in [0.25, 0.3) is 0 Å². The zero-order chi connectivity index (χ0) is 19.9. The Balaban J connectivity index is 1.51. The number of ether oxygens (including phenoxy) is 3. The molecular weight excluding hydrogens is 356 g/mol. The van der Waals surface area contributed by atoms with Crippen molar-refractivity contribution in [3.05, 3.63) is 48.5 Å². The minimum atomic E-state index is -0.0839. The molecule has 1 heterocycles. The normalized spacial score (nSPS) is 15.4. The molecule has 2 aromatic rings. The highest BCUT2D eigenvalue weighted by atomic mass is 16.5. The number of benzene rings is 2. The van der Waals surface area contributed by atoms with Gasteiger partial charge < -0.3 is 24.0 Å². The number of amides is 1. The number of carbonyl (C=O) groups is 1. The molecule has 2 aromatic carbocycles. The van der Waals surface area contributed by atoms with Crippen molar-refractivity contribution in [1.29, 1.82) is 0 Å². The molecular formula is C22H28N2O4. The second-order valence-corrected chi connectivity index (χ2v) is 6.71. The Hall–Kier alpha value is -2.89. The Morgan fingerprint density at radius 3 is 2.46 bits per heavy atom. The summed E-state index contributed by atoms with van der Waals surface area (Å²) in [6.45, 7) is 6.83. The molecule has 1 atom stereocenters. The minimum absolute atomic E-state index is 0.00865. The molecule has 6 heteroatoms. The number of anilines is 1.